The Balaban J connectivity index is 1.60. The van der Waals surface area contributed by atoms with E-state index in [1.54, 1.807) is 29.9 Å². The summed E-state index contributed by atoms with van der Waals surface area (Å²) in [5.74, 6) is 1.33. The van der Waals surface area contributed by atoms with Gasteiger partial charge in [-0.05, 0) is 55.2 Å². The highest BCUT2D eigenvalue weighted by Gasteiger charge is 2.20. The topological polar surface area (TPSA) is 64.4 Å². The quantitative estimate of drug-likeness (QED) is 0.273. The third kappa shape index (κ3) is 4.95. The Morgan fingerprint density at radius 2 is 1.77 bits per heavy atom. The first-order valence-electron chi connectivity index (χ1n) is 11.8. The van der Waals surface area contributed by atoms with E-state index in [-0.39, 0.29) is 11.5 Å². The molecule has 4 aromatic rings. The molecule has 0 aliphatic carbocycles. The molecule has 0 spiro atoms. The van der Waals surface area contributed by atoms with Crippen LogP contribution in [0.4, 0.5) is 0 Å². The van der Waals surface area contributed by atoms with E-state index in [9.17, 15) is 9.59 Å². The summed E-state index contributed by atoms with van der Waals surface area (Å²) in [7, 11) is 1.60. The summed E-state index contributed by atoms with van der Waals surface area (Å²) in [6.07, 6.45) is 3.22. The van der Waals surface area contributed by atoms with Crippen LogP contribution in [-0.4, -0.2) is 40.6 Å². The molecule has 1 amide bonds. The Kier molecular flexibility index (Phi) is 6.86. The van der Waals surface area contributed by atoms with Crippen molar-refractivity contribution in [1.29, 1.82) is 0 Å². The van der Waals surface area contributed by atoms with Crippen LogP contribution in [0.5, 0.6) is 5.75 Å². The molecule has 0 saturated carbocycles. The van der Waals surface area contributed by atoms with Crippen molar-refractivity contribution in [3.63, 3.8) is 0 Å². The summed E-state index contributed by atoms with van der Waals surface area (Å²) < 4.78 is 7.02. The molecule has 1 aliphatic heterocycles. The first-order valence-corrected chi connectivity index (χ1v) is 12.8. The van der Waals surface area contributed by atoms with Crippen LogP contribution in [0.15, 0.2) is 82.7 Å². The van der Waals surface area contributed by atoms with Crippen molar-refractivity contribution in [3.8, 4) is 11.4 Å². The van der Waals surface area contributed by atoms with E-state index >= 15 is 0 Å². The Morgan fingerprint density at radius 1 is 0.971 bits per heavy atom. The zero-order valence-corrected chi connectivity index (χ0v) is 20.5. The first kappa shape index (κ1) is 23.2. The average molecular weight is 486 g/mol. The normalized spacial score (nSPS) is 13.7. The van der Waals surface area contributed by atoms with E-state index in [0.29, 0.717) is 38.8 Å². The zero-order chi connectivity index (χ0) is 24.2. The second-order valence-electron chi connectivity index (χ2n) is 8.60. The Bertz CT molecular complexity index is 1410. The number of fused-ring (bicyclic) bond motifs is 1. The number of nitrogens with zero attached hydrogens (tertiary/aromatic N) is 3. The van der Waals surface area contributed by atoms with Crippen molar-refractivity contribution in [2.24, 2.45) is 0 Å². The molecule has 7 heteroatoms. The van der Waals surface area contributed by atoms with Crippen molar-refractivity contribution in [2.75, 3.05) is 20.2 Å². The minimum absolute atomic E-state index is 0.00358. The van der Waals surface area contributed by atoms with E-state index in [1.165, 1.54) is 11.8 Å². The van der Waals surface area contributed by atoms with E-state index < -0.39 is 0 Å². The van der Waals surface area contributed by atoms with Gasteiger partial charge in [-0.25, -0.2) is 4.98 Å². The van der Waals surface area contributed by atoms with Gasteiger partial charge < -0.3 is 9.64 Å². The van der Waals surface area contributed by atoms with E-state index in [2.05, 4.69) is 12.1 Å². The molecule has 0 atom stereocenters. The molecule has 1 fully saturated rings. The fraction of sp³-hybridized carbons (Fsp3) is 0.250. The number of thioether (sulfide) groups is 1. The zero-order valence-electron chi connectivity index (χ0n) is 19.6. The molecule has 1 aliphatic rings. The molecule has 1 saturated heterocycles. The summed E-state index contributed by atoms with van der Waals surface area (Å²) >= 11 is 1.50. The standard InChI is InChI=1S/C28H27N3O3S/c1-34-23-12-8-11-22(18-23)31-27(33)24-14-13-21(26(32)30-15-6-3-7-16-30)17-25(24)29-28(31)35-19-20-9-4-2-5-10-20/h2,4-5,8-14,17-18H,3,6-7,15-16,19H2,1H3. The predicted octanol–water partition coefficient (Wildman–Crippen LogP) is 5.31. The summed E-state index contributed by atoms with van der Waals surface area (Å²) in [6.45, 7) is 1.56. The number of likely N-dealkylation sites (tertiary alicyclic amines) is 1. The predicted molar refractivity (Wildman–Crippen MR) is 140 cm³/mol. The molecule has 5 rings (SSSR count). The third-order valence-electron chi connectivity index (χ3n) is 6.25. The van der Waals surface area contributed by atoms with Crippen molar-refractivity contribution >= 4 is 28.6 Å². The minimum Gasteiger partial charge on any atom is -0.497 e. The van der Waals surface area contributed by atoms with Crippen LogP contribution in [0.3, 0.4) is 0 Å². The lowest BCUT2D eigenvalue weighted by molar-refractivity contribution is 0.0724. The van der Waals surface area contributed by atoms with Gasteiger partial charge in [-0.3, -0.25) is 14.2 Å². The van der Waals surface area contributed by atoms with E-state index in [1.807, 2.05) is 47.4 Å². The van der Waals surface area contributed by atoms with Gasteiger partial charge >= 0.3 is 0 Å². The highest BCUT2D eigenvalue weighted by molar-refractivity contribution is 7.98. The Morgan fingerprint density at radius 3 is 2.54 bits per heavy atom. The smallest absolute Gasteiger partial charge is 0.266 e. The number of aromatic nitrogens is 2. The van der Waals surface area contributed by atoms with Gasteiger partial charge in [-0.1, -0.05) is 48.2 Å². The minimum atomic E-state index is -0.171. The third-order valence-corrected chi connectivity index (χ3v) is 7.26. The monoisotopic (exact) mass is 485 g/mol. The molecule has 178 valence electrons. The number of benzene rings is 3. The van der Waals surface area contributed by atoms with E-state index in [4.69, 9.17) is 9.72 Å². The maximum absolute atomic E-state index is 13.7. The molecule has 6 nitrogen and oxygen atoms in total. The molecule has 0 unspecified atom stereocenters. The van der Waals surface area contributed by atoms with Gasteiger partial charge in [-0.2, -0.15) is 0 Å². The van der Waals surface area contributed by atoms with Crippen LogP contribution in [0.2, 0.25) is 0 Å². The first-order chi connectivity index (χ1) is 17.1. The van der Waals surface area contributed by atoms with Crippen molar-refractivity contribution in [2.45, 2.75) is 30.2 Å². The molecule has 1 aromatic heterocycles. The lowest BCUT2D eigenvalue weighted by atomic mass is 10.1. The van der Waals surface area contributed by atoms with Crippen LogP contribution in [0.25, 0.3) is 16.6 Å². The number of carbonyl (C=O) groups is 1. The molecular weight excluding hydrogens is 458 g/mol. The fourth-order valence-electron chi connectivity index (χ4n) is 4.37. The summed E-state index contributed by atoms with van der Waals surface area (Å²) in [6, 6.07) is 22.7. The molecular formula is C28H27N3O3S. The van der Waals surface area contributed by atoms with Crippen LogP contribution in [-0.2, 0) is 5.75 Å². The maximum atomic E-state index is 13.7. The number of ether oxygens (including phenoxy) is 1. The fourth-order valence-corrected chi connectivity index (χ4v) is 5.34. The van der Waals surface area contributed by atoms with Crippen molar-refractivity contribution in [1.82, 2.24) is 14.5 Å². The van der Waals surface area contributed by atoms with Gasteiger partial charge in [0.2, 0.25) is 0 Å². The summed E-state index contributed by atoms with van der Waals surface area (Å²) in [5, 5.41) is 1.05. The molecule has 2 heterocycles. The number of methoxy groups -OCH3 is 1. The van der Waals surface area contributed by atoms with Crippen LogP contribution >= 0.6 is 11.8 Å². The van der Waals surface area contributed by atoms with Crippen LogP contribution in [0.1, 0.15) is 35.2 Å². The molecule has 0 bridgehead atoms. The van der Waals surface area contributed by atoms with Crippen molar-refractivity contribution in [3.05, 3.63) is 94.3 Å². The van der Waals surface area contributed by atoms with Gasteiger partial charge in [0.1, 0.15) is 5.75 Å². The lowest BCUT2D eigenvalue weighted by Crippen LogP contribution is -2.35. The highest BCUT2D eigenvalue weighted by Crippen LogP contribution is 2.27. The highest BCUT2D eigenvalue weighted by atomic mass is 32.2. The van der Waals surface area contributed by atoms with Gasteiger partial charge in [0, 0.05) is 30.5 Å². The average Bonchev–Trinajstić information content (AvgIpc) is 2.92. The Hall–Kier alpha value is -3.58. The molecule has 3 aromatic carbocycles. The van der Waals surface area contributed by atoms with Crippen LogP contribution < -0.4 is 10.3 Å². The lowest BCUT2D eigenvalue weighted by Gasteiger charge is -2.26. The second-order valence-corrected chi connectivity index (χ2v) is 9.54. The van der Waals surface area contributed by atoms with E-state index in [0.717, 1.165) is 37.9 Å². The summed E-state index contributed by atoms with van der Waals surface area (Å²) in [4.78, 5) is 33.6. The summed E-state index contributed by atoms with van der Waals surface area (Å²) in [5.41, 5.74) is 2.76. The number of hydrogen-bond donors (Lipinski definition) is 0. The second kappa shape index (κ2) is 10.4. The van der Waals surface area contributed by atoms with Gasteiger partial charge in [0.25, 0.3) is 11.5 Å². The molecule has 0 N–H and O–H groups in total. The van der Waals surface area contributed by atoms with Gasteiger partial charge in [0.05, 0.1) is 23.7 Å². The largest absolute Gasteiger partial charge is 0.497 e. The number of rotatable bonds is 6. The van der Waals surface area contributed by atoms with Crippen LogP contribution in [0, 0.1) is 0 Å². The maximum Gasteiger partial charge on any atom is 0.266 e. The number of carbonyl (C=O) groups excluding carboxylic acids is 1. The number of piperidine rings is 1. The number of hydrogen-bond acceptors (Lipinski definition) is 5. The van der Waals surface area contributed by atoms with Gasteiger partial charge in [-0.15, -0.1) is 0 Å². The Labute approximate surface area is 208 Å². The van der Waals surface area contributed by atoms with Gasteiger partial charge in [0.15, 0.2) is 5.16 Å². The molecule has 0 radical (unpaired) electrons. The SMILES string of the molecule is COc1cccc(-n2c(SCc3ccccc3)nc3cc(C(=O)N4CCCCC4)ccc3c2=O)c1. The molecule has 35 heavy (non-hydrogen) atoms. The number of amides is 1. The van der Waals surface area contributed by atoms with Crippen molar-refractivity contribution < 1.29 is 9.53 Å².